The van der Waals surface area contributed by atoms with Crippen molar-refractivity contribution < 1.29 is 18.4 Å². The van der Waals surface area contributed by atoms with Gasteiger partial charge in [-0.2, -0.15) is 0 Å². The molecular weight excluding hydrogens is 457 g/mol. The van der Waals surface area contributed by atoms with E-state index in [0.717, 1.165) is 16.8 Å². The molecule has 0 unspecified atom stereocenters. The number of hydrogen-bond acceptors (Lipinski definition) is 6. The third-order valence-corrected chi connectivity index (χ3v) is 6.06. The van der Waals surface area contributed by atoms with Crippen molar-refractivity contribution in [2.24, 2.45) is 0 Å². The highest BCUT2D eigenvalue weighted by atomic mass is 32.2. The lowest BCUT2D eigenvalue weighted by atomic mass is 10.1. The molecule has 0 fully saturated rings. The Morgan fingerprint density at radius 3 is 2.59 bits per heavy atom. The second kappa shape index (κ2) is 10.3. The number of rotatable bonds is 8. The Morgan fingerprint density at radius 1 is 1.06 bits per heavy atom. The number of thioether (sulfide) groups is 1. The Balaban J connectivity index is 1.54. The van der Waals surface area contributed by atoms with Gasteiger partial charge in [0.25, 0.3) is 5.91 Å². The van der Waals surface area contributed by atoms with Crippen molar-refractivity contribution in [3.05, 3.63) is 89.4 Å². The first-order valence-electron chi connectivity index (χ1n) is 10.4. The molecule has 0 spiro atoms. The maximum absolute atomic E-state index is 13.1. The van der Waals surface area contributed by atoms with E-state index in [4.69, 9.17) is 4.42 Å². The van der Waals surface area contributed by atoms with Gasteiger partial charge in [0.2, 0.25) is 5.91 Å². The average Bonchev–Trinajstić information content (AvgIpc) is 3.50. The molecule has 0 aliphatic rings. The van der Waals surface area contributed by atoms with Crippen LogP contribution in [0.5, 0.6) is 0 Å². The minimum Gasteiger partial charge on any atom is -0.459 e. The number of furan rings is 1. The number of aromatic nitrogens is 3. The topological polar surface area (TPSA) is 102 Å². The van der Waals surface area contributed by atoms with Gasteiger partial charge >= 0.3 is 0 Å². The summed E-state index contributed by atoms with van der Waals surface area (Å²) in [6, 6.07) is 14.6. The molecule has 0 atom stereocenters. The summed E-state index contributed by atoms with van der Waals surface area (Å²) in [4.78, 5) is 24.8. The van der Waals surface area contributed by atoms with Crippen molar-refractivity contribution in [1.82, 2.24) is 20.1 Å². The van der Waals surface area contributed by atoms with Gasteiger partial charge in [-0.25, -0.2) is 4.39 Å². The van der Waals surface area contributed by atoms with Crippen LogP contribution in [0.2, 0.25) is 0 Å². The summed E-state index contributed by atoms with van der Waals surface area (Å²) in [5.41, 5.74) is 3.47. The quantitative estimate of drug-likeness (QED) is 0.366. The van der Waals surface area contributed by atoms with Crippen molar-refractivity contribution in [3.63, 3.8) is 0 Å². The summed E-state index contributed by atoms with van der Waals surface area (Å²) in [6.07, 6.45) is 1.43. The molecular formula is C24H22FN5O3S. The van der Waals surface area contributed by atoms with Gasteiger partial charge in [-0.3, -0.25) is 14.2 Å². The molecule has 0 bridgehead atoms. The largest absolute Gasteiger partial charge is 0.459 e. The number of carbonyl (C=O) groups excluding carboxylic acids is 2. The van der Waals surface area contributed by atoms with Crippen LogP contribution in [0.1, 0.15) is 27.5 Å². The van der Waals surface area contributed by atoms with Gasteiger partial charge in [0.15, 0.2) is 16.7 Å². The number of benzene rings is 2. The molecule has 2 N–H and O–H groups in total. The van der Waals surface area contributed by atoms with Crippen molar-refractivity contribution in [2.45, 2.75) is 25.5 Å². The zero-order valence-electron chi connectivity index (χ0n) is 18.5. The molecule has 0 saturated carbocycles. The number of halogens is 1. The lowest BCUT2D eigenvalue weighted by Gasteiger charge is -2.14. The molecule has 10 heteroatoms. The third kappa shape index (κ3) is 5.34. The number of nitrogens with one attached hydrogen (secondary N) is 2. The highest BCUT2D eigenvalue weighted by molar-refractivity contribution is 7.99. The molecule has 4 aromatic rings. The highest BCUT2D eigenvalue weighted by Gasteiger charge is 2.19. The number of aryl methyl sites for hydroxylation is 1. The van der Waals surface area contributed by atoms with E-state index in [9.17, 15) is 14.0 Å². The zero-order chi connectivity index (χ0) is 24.1. The number of anilines is 1. The summed E-state index contributed by atoms with van der Waals surface area (Å²) in [7, 11) is 0. The lowest BCUT2D eigenvalue weighted by molar-refractivity contribution is -0.113. The molecule has 2 amide bonds. The van der Waals surface area contributed by atoms with Crippen LogP contribution in [-0.4, -0.2) is 32.3 Å². The molecule has 2 aromatic carbocycles. The Kier molecular flexibility index (Phi) is 7.07. The lowest BCUT2D eigenvalue weighted by Crippen LogP contribution is -2.24. The van der Waals surface area contributed by atoms with E-state index in [0.29, 0.717) is 16.7 Å². The Bertz CT molecular complexity index is 1300. The normalized spacial score (nSPS) is 10.8. The number of carbonyl (C=O) groups is 2. The van der Waals surface area contributed by atoms with Crippen LogP contribution in [-0.2, 0) is 11.3 Å². The second-order valence-electron chi connectivity index (χ2n) is 7.46. The van der Waals surface area contributed by atoms with E-state index >= 15 is 0 Å². The van der Waals surface area contributed by atoms with Gasteiger partial charge in [0.05, 0.1) is 24.2 Å². The maximum Gasteiger partial charge on any atom is 0.287 e. The summed E-state index contributed by atoms with van der Waals surface area (Å²) in [5.74, 6) is -0.229. The molecule has 0 saturated heterocycles. The standard InChI is InChI=1S/C24H22FN5O3S/c1-15-5-3-6-19(16(15)2)30-21(13-26-23(32)20-7-4-12-33-20)28-29-24(30)34-14-22(31)27-18-10-8-17(25)9-11-18/h3-12H,13-14H2,1-2H3,(H,26,32)(H,27,31). The van der Waals surface area contributed by atoms with E-state index in [2.05, 4.69) is 20.8 Å². The molecule has 8 nitrogen and oxygen atoms in total. The van der Waals surface area contributed by atoms with Crippen LogP contribution in [0.25, 0.3) is 5.69 Å². The van der Waals surface area contributed by atoms with Crippen LogP contribution >= 0.6 is 11.8 Å². The van der Waals surface area contributed by atoms with Gasteiger partial charge < -0.3 is 15.1 Å². The number of hydrogen-bond donors (Lipinski definition) is 2. The first-order valence-corrected chi connectivity index (χ1v) is 11.4. The molecule has 0 aliphatic heterocycles. The molecule has 4 rings (SSSR count). The summed E-state index contributed by atoms with van der Waals surface area (Å²) >= 11 is 1.21. The minimum atomic E-state index is -0.374. The van der Waals surface area contributed by atoms with Crippen LogP contribution < -0.4 is 10.6 Å². The van der Waals surface area contributed by atoms with Crippen LogP contribution in [0.15, 0.2) is 70.4 Å². The summed E-state index contributed by atoms with van der Waals surface area (Å²) in [5, 5.41) is 14.5. The van der Waals surface area contributed by atoms with Gasteiger partial charge in [-0.1, -0.05) is 23.9 Å². The molecule has 0 aliphatic carbocycles. The zero-order valence-corrected chi connectivity index (χ0v) is 19.4. The average molecular weight is 480 g/mol. The Hall–Kier alpha value is -3.92. The van der Waals surface area contributed by atoms with Crippen molar-refractivity contribution in [2.75, 3.05) is 11.1 Å². The fourth-order valence-electron chi connectivity index (χ4n) is 3.24. The molecule has 2 heterocycles. The second-order valence-corrected chi connectivity index (χ2v) is 8.40. The smallest absolute Gasteiger partial charge is 0.287 e. The van der Waals surface area contributed by atoms with Crippen molar-refractivity contribution >= 4 is 29.3 Å². The van der Waals surface area contributed by atoms with Crippen LogP contribution in [0.3, 0.4) is 0 Å². The van der Waals surface area contributed by atoms with Gasteiger partial charge in [-0.05, 0) is 67.4 Å². The predicted molar refractivity (Wildman–Crippen MR) is 126 cm³/mol. The predicted octanol–water partition coefficient (Wildman–Crippen LogP) is 4.28. The van der Waals surface area contributed by atoms with Crippen LogP contribution in [0.4, 0.5) is 10.1 Å². The number of nitrogens with zero attached hydrogens (tertiary/aromatic N) is 3. The maximum atomic E-state index is 13.1. The van der Waals surface area contributed by atoms with E-state index in [1.165, 1.54) is 42.3 Å². The Morgan fingerprint density at radius 2 is 1.85 bits per heavy atom. The number of amides is 2. The van der Waals surface area contributed by atoms with E-state index in [1.807, 2.05) is 36.6 Å². The van der Waals surface area contributed by atoms with Gasteiger partial charge in [-0.15, -0.1) is 10.2 Å². The summed E-state index contributed by atoms with van der Waals surface area (Å²) < 4.78 is 20.1. The molecule has 0 radical (unpaired) electrons. The third-order valence-electron chi connectivity index (χ3n) is 5.13. The SMILES string of the molecule is Cc1cccc(-n2c(CNC(=O)c3ccco3)nnc2SCC(=O)Nc2ccc(F)cc2)c1C. The monoisotopic (exact) mass is 479 g/mol. The van der Waals surface area contributed by atoms with Gasteiger partial charge in [0.1, 0.15) is 5.82 Å². The Labute approximate surface area is 199 Å². The first-order chi connectivity index (χ1) is 16.4. The van der Waals surface area contributed by atoms with Crippen molar-refractivity contribution in [3.8, 4) is 5.69 Å². The first kappa shape index (κ1) is 23.2. The fraction of sp³-hybridized carbons (Fsp3) is 0.167. The highest BCUT2D eigenvalue weighted by Crippen LogP contribution is 2.26. The van der Waals surface area contributed by atoms with Crippen LogP contribution in [0, 0.1) is 19.7 Å². The fourth-order valence-corrected chi connectivity index (χ4v) is 4.01. The van der Waals surface area contributed by atoms with E-state index in [1.54, 1.807) is 12.1 Å². The van der Waals surface area contributed by atoms with Gasteiger partial charge in [0, 0.05) is 5.69 Å². The molecule has 34 heavy (non-hydrogen) atoms. The summed E-state index contributed by atoms with van der Waals surface area (Å²) in [6.45, 7) is 4.11. The minimum absolute atomic E-state index is 0.0686. The molecule has 174 valence electrons. The van der Waals surface area contributed by atoms with Crippen molar-refractivity contribution in [1.29, 1.82) is 0 Å². The van der Waals surface area contributed by atoms with E-state index in [-0.39, 0.29) is 35.7 Å². The molecule has 2 aromatic heterocycles. The van der Waals surface area contributed by atoms with E-state index < -0.39 is 0 Å².